The van der Waals surface area contributed by atoms with Crippen LogP contribution < -0.4 is 11.5 Å². The summed E-state index contributed by atoms with van der Waals surface area (Å²) in [5.74, 6) is 0. The summed E-state index contributed by atoms with van der Waals surface area (Å²) in [6, 6.07) is 8.21. The normalized spacial score (nSPS) is 11.2. The van der Waals surface area contributed by atoms with Crippen LogP contribution in [-0.4, -0.2) is 45.1 Å². The Labute approximate surface area is 128 Å². The van der Waals surface area contributed by atoms with Crippen LogP contribution >= 0.6 is 0 Å². The molecule has 2 rings (SSSR count). The fourth-order valence-corrected chi connectivity index (χ4v) is 2.70. The van der Waals surface area contributed by atoms with Crippen LogP contribution in [0.1, 0.15) is 0 Å². The number of fused-ring (bicyclic) bond motifs is 1. The Morgan fingerprint density at radius 3 is 2.28 bits per heavy atom. The van der Waals surface area contributed by atoms with Crippen molar-refractivity contribution in [3.8, 4) is 0 Å². The standard InChI is InChI=1S/C11H12N2O3S.Na.H/c1-16-17(14,15)11-8-3-2-4-9(12)7(8)5-6-10(11)13;;/h2-6H,12-13H2,1H3;;. The van der Waals surface area contributed by atoms with E-state index in [9.17, 15) is 8.42 Å². The van der Waals surface area contributed by atoms with Crippen molar-refractivity contribution in [3.05, 3.63) is 30.3 Å². The Hall–Kier alpha value is -0.790. The van der Waals surface area contributed by atoms with Gasteiger partial charge in [0.15, 0.2) is 0 Å². The predicted molar refractivity (Wildman–Crippen MR) is 74.1 cm³/mol. The molecule has 4 N–H and O–H groups in total. The molecule has 7 heteroatoms. The van der Waals surface area contributed by atoms with Gasteiger partial charge in [0.1, 0.15) is 4.90 Å². The first-order chi connectivity index (χ1) is 7.97. The zero-order chi connectivity index (χ0) is 12.6. The molecule has 0 radical (unpaired) electrons. The molecule has 0 unspecified atom stereocenters. The third-order valence-electron chi connectivity index (χ3n) is 2.55. The molecule has 0 fully saturated rings. The van der Waals surface area contributed by atoms with E-state index in [1.54, 1.807) is 24.3 Å². The van der Waals surface area contributed by atoms with Gasteiger partial charge in [-0.2, -0.15) is 8.42 Å². The number of nitrogen functional groups attached to an aromatic ring is 2. The van der Waals surface area contributed by atoms with Gasteiger partial charge in [0.05, 0.1) is 12.8 Å². The van der Waals surface area contributed by atoms with Crippen LogP contribution in [0.2, 0.25) is 0 Å². The summed E-state index contributed by atoms with van der Waals surface area (Å²) in [5.41, 5.74) is 12.1. The van der Waals surface area contributed by atoms with Crippen LogP contribution in [-0.2, 0) is 14.3 Å². The summed E-state index contributed by atoms with van der Waals surface area (Å²) in [6.07, 6.45) is 0. The van der Waals surface area contributed by atoms with Crippen molar-refractivity contribution in [1.82, 2.24) is 0 Å². The molecule has 0 saturated carbocycles. The van der Waals surface area contributed by atoms with Crippen LogP contribution in [0.4, 0.5) is 11.4 Å². The summed E-state index contributed by atoms with van der Waals surface area (Å²) < 4.78 is 28.1. The average Bonchev–Trinajstić information content (AvgIpc) is 2.28. The Morgan fingerprint density at radius 2 is 1.67 bits per heavy atom. The quantitative estimate of drug-likeness (QED) is 0.478. The van der Waals surface area contributed by atoms with Gasteiger partial charge in [0, 0.05) is 16.5 Å². The van der Waals surface area contributed by atoms with Gasteiger partial charge in [-0.25, -0.2) is 0 Å². The van der Waals surface area contributed by atoms with E-state index in [1.165, 1.54) is 6.07 Å². The number of nitrogens with two attached hydrogens (primary N) is 2. The molecule has 0 aliphatic rings. The molecule has 2 aromatic carbocycles. The molecule has 0 spiro atoms. The Balaban J connectivity index is 0.00000162. The summed E-state index contributed by atoms with van der Waals surface area (Å²) in [4.78, 5) is -0.0372. The topological polar surface area (TPSA) is 95.4 Å². The molecule has 0 aromatic heterocycles. The molecule has 18 heavy (non-hydrogen) atoms. The fourth-order valence-electron chi connectivity index (χ4n) is 1.73. The van der Waals surface area contributed by atoms with Crippen LogP contribution in [0.3, 0.4) is 0 Å². The van der Waals surface area contributed by atoms with E-state index in [0.29, 0.717) is 16.5 Å². The van der Waals surface area contributed by atoms with E-state index in [-0.39, 0.29) is 40.1 Å². The molecule has 5 nitrogen and oxygen atoms in total. The summed E-state index contributed by atoms with van der Waals surface area (Å²) in [5, 5.41) is 1.10. The monoisotopic (exact) mass is 276 g/mol. The van der Waals surface area contributed by atoms with Crippen molar-refractivity contribution in [2.75, 3.05) is 18.6 Å². The minimum atomic E-state index is -3.85. The number of rotatable bonds is 2. The minimum absolute atomic E-state index is 0. The second-order valence-electron chi connectivity index (χ2n) is 3.55. The summed E-state index contributed by atoms with van der Waals surface area (Å²) >= 11 is 0. The van der Waals surface area contributed by atoms with Gasteiger partial charge in [-0.15, -0.1) is 0 Å². The Bertz CT molecular complexity index is 686. The third-order valence-corrected chi connectivity index (χ3v) is 3.94. The second-order valence-corrected chi connectivity index (χ2v) is 5.20. The van der Waals surface area contributed by atoms with Crippen molar-refractivity contribution in [3.63, 3.8) is 0 Å². The van der Waals surface area contributed by atoms with Crippen LogP contribution in [0.25, 0.3) is 10.8 Å². The first-order valence-corrected chi connectivity index (χ1v) is 6.25. The van der Waals surface area contributed by atoms with E-state index in [1.807, 2.05) is 0 Å². The van der Waals surface area contributed by atoms with Gasteiger partial charge < -0.3 is 11.5 Å². The van der Waals surface area contributed by atoms with Crippen LogP contribution in [0, 0.1) is 0 Å². The zero-order valence-corrected chi connectivity index (χ0v) is 9.99. The molecule has 0 aliphatic heterocycles. The molecule has 0 heterocycles. The van der Waals surface area contributed by atoms with Crippen molar-refractivity contribution >= 4 is 61.8 Å². The summed E-state index contributed by atoms with van der Waals surface area (Å²) in [7, 11) is -2.76. The first-order valence-electron chi connectivity index (χ1n) is 4.84. The number of benzene rings is 2. The molecule has 0 atom stereocenters. The predicted octanol–water partition coefficient (Wildman–Crippen LogP) is 0.691. The van der Waals surface area contributed by atoms with Gasteiger partial charge in [0.25, 0.3) is 10.1 Å². The molecule has 0 amide bonds. The number of hydrogen-bond donors (Lipinski definition) is 2. The molecule has 0 bridgehead atoms. The van der Waals surface area contributed by atoms with E-state index in [4.69, 9.17) is 11.5 Å². The van der Waals surface area contributed by atoms with Gasteiger partial charge in [-0.05, 0) is 12.1 Å². The zero-order valence-electron chi connectivity index (χ0n) is 9.17. The summed E-state index contributed by atoms with van der Waals surface area (Å²) in [6.45, 7) is 0. The third kappa shape index (κ3) is 2.48. The molecular weight excluding hydrogens is 263 g/mol. The number of anilines is 2. The first kappa shape index (κ1) is 15.3. The maximum atomic E-state index is 11.8. The number of hydrogen-bond acceptors (Lipinski definition) is 5. The van der Waals surface area contributed by atoms with Gasteiger partial charge in [-0.3, -0.25) is 4.18 Å². The molecule has 0 saturated heterocycles. The van der Waals surface area contributed by atoms with Crippen molar-refractivity contribution < 1.29 is 12.6 Å². The fraction of sp³-hybridized carbons (Fsp3) is 0.0909. The van der Waals surface area contributed by atoms with Crippen molar-refractivity contribution in [1.29, 1.82) is 0 Å². The average molecular weight is 276 g/mol. The van der Waals surface area contributed by atoms with Crippen LogP contribution in [0.15, 0.2) is 35.2 Å². The van der Waals surface area contributed by atoms with E-state index in [2.05, 4.69) is 4.18 Å². The molecule has 0 aliphatic carbocycles. The van der Waals surface area contributed by atoms with Crippen molar-refractivity contribution in [2.45, 2.75) is 4.90 Å². The van der Waals surface area contributed by atoms with Gasteiger partial charge in [0.2, 0.25) is 0 Å². The van der Waals surface area contributed by atoms with Crippen LogP contribution in [0.5, 0.6) is 0 Å². The Morgan fingerprint density at radius 1 is 1.00 bits per heavy atom. The van der Waals surface area contributed by atoms with E-state index >= 15 is 0 Å². The van der Waals surface area contributed by atoms with E-state index in [0.717, 1.165) is 7.11 Å². The second kappa shape index (κ2) is 5.46. The maximum absolute atomic E-state index is 11.8. The van der Waals surface area contributed by atoms with Gasteiger partial charge in [-0.1, -0.05) is 18.2 Å². The van der Waals surface area contributed by atoms with E-state index < -0.39 is 10.1 Å². The Kier molecular flexibility index (Phi) is 4.63. The van der Waals surface area contributed by atoms with Crippen molar-refractivity contribution in [2.24, 2.45) is 0 Å². The molecule has 2 aromatic rings. The SMILES string of the molecule is COS(=O)(=O)c1c(N)ccc2c(N)cccc12.[NaH]. The molecule has 92 valence electrons. The molecular formula is C11H13N2NaO3S. The van der Waals surface area contributed by atoms with Gasteiger partial charge >= 0.3 is 29.6 Å².